The Hall–Kier alpha value is -2.11. The van der Waals surface area contributed by atoms with Crippen LogP contribution in [0.1, 0.15) is 36.9 Å². The highest BCUT2D eigenvalue weighted by atomic mass is 19.1. The van der Waals surface area contributed by atoms with Gasteiger partial charge in [-0.3, -0.25) is 4.79 Å². The van der Waals surface area contributed by atoms with Gasteiger partial charge in [0, 0.05) is 13.6 Å². The Morgan fingerprint density at radius 1 is 1.45 bits per heavy atom. The van der Waals surface area contributed by atoms with Gasteiger partial charge in [-0.25, -0.2) is 9.18 Å². The summed E-state index contributed by atoms with van der Waals surface area (Å²) < 4.78 is 13.9. The molecular formula is C16H21FN2O3. The van der Waals surface area contributed by atoms with Crippen molar-refractivity contribution in [2.75, 3.05) is 13.6 Å². The summed E-state index contributed by atoms with van der Waals surface area (Å²) in [5, 5.41) is 11.6. The van der Waals surface area contributed by atoms with Crippen LogP contribution in [0, 0.1) is 11.7 Å². The number of halogens is 1. The van der Waals surface area contributed by atoms with E-state index in [2.05, 4.69) is 5.32 Å². The number of fused-ring (bicyclic) bond motifs is 1. The summed E-state index contributed by atoms with van der Waals surface area (Å²) >= 11 is 0. The minimum absolute atomic E-state index is 0.102. The van der Waals surface area contributed by atoms with Gasteiger partial charge < -0.3 is 15.3 Å². The van der Waals surface area contributed by atoms with E-state index in [4.69, 9.17) is 5.11 Å². The molecule has 0 bridgehead atoms. The Morgan fingerprint density at radius 2 is 2.18 bits per heavy atom. The van der Waals surface area contributed by atoms with E-state index < -0.39 is 5.97 Å². The fourth-order valence-electron chi connectivity index (χ4n) is 2.80. The molecule has 0 aromatic heterocycles. The molecule has 1 aliphatic carbocycles. The molecule has 1 aromatic carbocycles. The molecular weight excluding hydrogens is 287 g/mol. The van der Waals surface area contributed by atoms with Crippen LogP contribution in [0.25, 0.3) is 0 Å². The lowest BCUT2D eigenvalue weighted by molar-refractivity contribution is -0.137. The maximum Gasteiger partial charge on any atom is 0.317 e. The third kappa shape index (κ3) is 3.55. The molecule has 1 aliphatic rings. The summed E-state index contributed by atoms with van der Waals surface area (Å²) in [5.41, 5.74) is 1.48. The normalized spacial score (nSPS) is 20.1. The number of amides is 2. The van der Waals surface area contributed by atoms with Crippen molar-refractivity contribution in [1.29, 1.82) is 0 Å². The first kappa shape index (κ1) is 16.3. The van der Waals surface area contributed by atoms with Gasteiger partial charge in [0.15, 0.2) is 0 Å². The van der Waals surface area contributed by atoms with Crippen molar-refractivity contribution >= 4 is 12.0 Å². The van der Waals surface area contributed by atoms with Crippen LogP contribution in [0.4, 0.5) is 9.18 Å². The number of nitrogens with zero attached hydrogens (tertiary/aromatic N) is 1. The summed E-state index contributed by atoms with van der Waals surface area (Å²) in [4.78, 5) is 24.1. The molecule has 0 saturated heterocycles. The van der Waals surface area contributed by atoms with Gasteiger partial charge in [-0.05, 0) is 36.0 Å². The first-order valence-corrected chi connectivity index (χ1v) is 7.41. The molecule has 22 heavy (non-hydrogen) atoms. The smallest absolute Gasteiger partial charge is 0.317 e. The van der Waals surface area contributed by atoms with Gasteiger partial charge in [-0.1, -0.05) is 19.1 Å². The van der Waals surface area contributed by atoms with Crippen molar-refractivity contribution in [2.45, 2.75) is 32.2 Å². The van der Waals surface area contributed by atoms with E-state index in [-0.39, 0.29) is 36.8 Å². The molecule has 0 saturated carbocycles. The van der Waals surface area contributed by atoms with Crippen molar-refractivity contribution in [1.82, 2.24) is 10.2 Å². The molecule has 2 atom stereocenters. The van der Waals surface area contributed by atoms with E-state index in [0.29, 0.717) is 12.0 Å². The second-order valence-corrected chi connectivity index (χ2v) is 5.82. The fourth-order valence-corrected chi connectivity index (χ4v) is 2.80. The lowest BCUT2D eigenvalue weighted by Gasteiger charge is -2.33. The highest BCUT2D eigenvalue weighted by Crippen LogP contribution is 2.35. The zero-order valence-corrected chi connectivity index (χ0v) is 12.8. The number of carbonyl (C=O) groups excluding carboxylic acids is 1. The summed E-state index contributed by atoms with van der Waals surface area (Å²) in [6.45, 7) is 2.16. The van der Waals surface area contributed by atoms with E-state index in [1.807, 2.05) is 13.0 Å². The van der Waals surface area contributed by atoms with Crippen LogP contribution in [0.5, 0.6) is 0 Å². The van der Waals surface area contributed by atoms with E-state index >= 15 is 0 Å². The molecule has 0 spiro atoms. The lowest BCUT2D eigenvalue weighted by atomic mass is 9.80. The molecule has 0 fully saturated rings. The number of rotatable bonds is 4. The quantitative estimate of drug-likeness (QED) is 0.898. The minimum Gasteiger partial charge on any atom is -0.481 e. The zero-order valence-electron chi connectivity index (χ0n) is 12.8. The van der Waals surface area contributed by atoms with Crippen LogP contribution < -0.4 is 5.32 Å². The third-order valence-corrected chi connectivity index (χ3v) is 4.20. The lowest BCUT2D eigenvalue weighted by Crippen LogP contribution is -2.43. The number of nitrogens with one attached hydrogen (secondary N) is 1. The van der Waals surface area contributed by atoms with Crippen LogP contribution in [-0.4, -0.2) is 35.6 Å². The molecule has 2 N–H and O–H groups in total. The second-order valence-electron chi connectivity index (χ2n) is 5.82. The molecule has 5 nitrogen and oxygen atoms in total. The van der Waals surface area contributed by atoms with E-state index in [0.717, 1.165) is 12.0 Å². The number of carboxylic acids is 1. The predicted molar refractivity (Wildman–Crippen MR) is 80.0 cm³/mol. The number of carbonyl (C=O) groups is 2. The Labute approximate surface area is 129 Å². The standard InChI is InChI=1S/C16H21FN2O3/c1-10-6-7-11-12(4-3-5-13(11)17)15(10)18-16(22)19(2)9-8-14(20)21/h3-5,10,15H,6-9H2,1-2H3,(H,18,22)(H,20,21). The Balaban J connectivity index is 2.10. The van der Waals surface area contributed by atoms with E-state index in [1.165, 1.54) is 11.0 Å². The topological polar surface area (TPSA) is 69.6 Å². The number of benzene rings is 1. The number of hydrogen-bond donors (Lipinski definition) is 2. The van der Waals surface area contributed by atoms with Crippen LogP contribution in [0.3, 0.4) is 0 Å². The van der Waals surface area contributed by atoms with Crippen molar-refractivity contribution < 1.29 is 19.1 Å². The van der Waals surface area contributed by atoms with Crippen molar-refractivity contribution in [3.63, 3.8) is 0 Å². The van der Waals surface area contributed by atoms with Crippen LogP contribution in [-0.2, 0) is 11.2 Å². The first-order valence-electron chi connectivity index (χ1n) is 7.41. The molecule has 2 amide bonds. The van der Waals surface area contributed by atoms with Crippen LogP contribution in [0.15, 0.2) is 18.2 Å². The Kier molecular flexibility index (Phi) is 5.00. The fraction of sp³-hybridized carbons (Fsp3) is 0.500. The molecule has 0 radical (unpaired) electrons. The second kappa shape index (κ2) is 6.77. The molecule has 120 valence electrons. The summed E-state index contributed by atoms with van der Waals surface area (Å²) in [5.74, 6) is -0.980. The predicted octanol–water partition coefficient (Wildman–Crippen LogP) is 2.57. The number of hydrogen-bond acceptors (Lipinski definition) is 2. The molecule has 2 unspecified atom stereocenters. The van der Waals surface area contributed by atoms with Crippen molar-refractivity contribution in [3.05, 3.63) is 35.1 Å². The van der Waals surface area contributed by atoms with Gasteiger partial charge in [-0.2, -0.15) is 0 Å². The number of urea groups is 1. The molecule has 0 heterocycles. The molecule has 2 rings (SSSR count). The van der Waals surface area contributed by atoms with Crippen LogP contribution in [0.2, 0.25) is 0 Å². The third-order valence-electron chi connectivity index (χ3n) is 4.20. The van der Waals surface area contributed by atoms with Gasteiger partial charge >= 0.3 is 12.0 Å². The molecule has 6 heteroatoms. The SMILES string of the molecule is CC1CCc2c(F)cccc2C1NC(=O)N(C)CCC(=O)O. The average molecular weight is 308 g/mol. The maximum atomic E-state index is 13.9. The monoisotopic (exact) mass is 308 g/mol. The van der Waals surface area contributed by atoms with Crippen LogP contribution >= 0.6 is 0 Å². The Morgan fingerprint density at radius 3 is 2.86 bits per heavy atom. The maximum absolute atomic E-state index is 13.9. The Bertz CT molecular complexity index is 577. The highest BCUT2D eigenvalue weighted by molar-refractivity contribution is 5.75. The van der Waals surface area contributed by atoms with Crippen molar-refractivity contribution in [3.8, 4) is 0 Å². The van der Waals surface area contributed by atoms with Gasteiger partial charge in [0.25, 0.3) is 0 Å². The van der Waals surface area contributed by atoms with Gasteiger partial charge in [-0.15, -0.1) is 0 Å². The van der Waals surface area contributed by atoms with Gasteiger partial charge in [0.2, 0.25) is 0 Å². The number of aliphatic carboxylic acids is 1. The minimum atomic E-state index is -0.946. The molecule has 0 aliphatic heterocycles. The van der Waals surface area contributed by atoms with Gasteiger partial charge in [0.1, 0.15) is 5.82 Å². The summed E-state index contributed by atoms with van der Waals surface area (Å²) in [6.07, 6.45) is 1.37. The number of carboxylic acid groups (broad SMARTS) is 1. The van der Waals surface area contributed by atoms with Gasteiger partial charge in [0.05, 0.1) is 12.5 Å². The largest absolute Gasteiger partial charge is 0.481 e. The first-order chi connectivity index (χ1) is 10.4. The van der Waals surface area contributed by atoms with E-state index in [1.54, 1.807) is 13.1 Å². The highest BCUT2D eigenvalue weighted by Gasteiger charge is 2.30. The summed E-state index contributed by atoms with van der Waals surface area (Å²) in [6, 6.07) is 4.34. The average Bonchev–Trinajstić information content (AvgIpc) is 2.47. The molecule has 1 aromatic rings. The van der Waals surface area contributed by atoms with Crippen molar-refractivity contribution in [2.24, 2.45) is 5.92 Å². The van der Waals surface area contributed by atoms with E-state index in [9.17, 15) is 14.0 Å². The zero-order chi connectivity index (χ0) is 16.3. The summed E-state index contributed by atoms with van der Waals surface area (Å²) in [7, 11) is 1.55.